The minimum absolute atomic E-state index is 0.0890. The van der Waals surface area contributed by atoms with Crippen LogP contribution in [0.25, 0.3) is 0 Å². The van der Waals surface area contributed by atoms with Gasteiger partial charge in [0.25, 0.3) is 5.56 Å². The summed E-state index contributed by atoms with van der Waals surface area (Å²) in [6.45, 7) is 2.07. The van der Waals surface area contributed by atoms with Crippen LogP contribution in [0.1, 0.15) is 11.3 Å². The van der Waals surface area contributed by atoms with Crippen molar-refractivity contribution in [2.75, 3.05) is 6.26 Å². The Morgan fingerprint density at radius 2 is 2.00 bits per heavy atom. The lowest BCUT2D eigenvalue weighted by Crippen LogP contribution is -2.09. The van der Waals surface area contributed by atoms with E-state index in [1.54, 1.807) is 17.8 Å². The standard InChI is InChI=1S/C13H14N2OS2/c1-9-3-5-11(6-4-9)18-8-10-7-12(16)15-13(14-10)17-2/h3-7H,8H2,1-2H3,(H,14,15,16). The normalized spacial score (nSPS) is 10.6. The number of rotatable bonds is 4. The highest BCUT2D eigenvalue weighted by Crippen LogP contribution is 2.22. The average molecular weight is 278 g/mol. The van der Waals surface area contributed by atoms with E-state index in [0.29, 0.717) is 10.9 Å². The summed E-state index contributed by atoms with van der Waals surface area (Å²) in [5.74, 6) is 0.709. The molecule has 0 aliphatic carbocycles. The Morgan fingerprint density at radius 1 is 1.28 bits per heavy atom. The van der Waals surface area contributed by atoms with Gasteiger partial charge in [0, 0.05) is 16.7 Å². The summed E-state index contributed by atoms with van der Waals surface area (Å²) in [6, 6.07) is 9.90. The molecule has 1 N–H and O–H groups in total. The van der Waals surface area contributed by atoms with E-state index < -0.39 is 0 Å². The zero-order chi connectivity index (χ0) is 13.0. The predicted octanol–water partition coefficient (Wildman–Crippen LogP) is 3.09. The first-order valence-electron chi connectivity index (χ1n) is 5.51. The second-order valence-corrected chi connectivity index (χ2v) is 5.69. The number of H-pyrrole nitrogens is 1. The molecule has 0 amide bonds. The molecule has 0 saturated heterocycles. The van der Waals surface area contributed by atoms with E-state index in [1.165, 1.54) is 22.2 Å². The third-order valence-electron chi connectivity index (χ3n) is 2.37. The lowest BCUT2D eigenvalue weighted by Gasteiger charge is -2.03. The van der Waals surface area contributed by atoms with Crippen LogP contribution in [0.2, 0.25) is 0 Å². The zero-order valence-corrected chi connectivity index (χ0v) is 11.9. The first-order valence-corrected chi connectivity index (χ1v) is 7.72. The molecule has 1 heterocycles. The predicted molar refractivity (Wildman–Crippen MR) is 77.4 cm³/mol. The molecule has 0 atom stereocenters. The van der Waals surface area contributed by atoms with Gasteiger partial charge in [-0.05, 0) is 25.3 Å². The quantitative estimate of drug-likeness (QED) is 0.689. The molecule has 1 aromatic heterocycles. The van der Waals surface area contributed by atoms with Gasteiger partial charge in [-0.2, -0.15) is 0 Å². The first kappa shape index (κ1) is 13.2. The molecule has 2 rings (SSSR count). The van der Waals surface area contributed by atoms with Crippen LogP contribution in [-0.4, -0.2) is 16.2 Å². The molecule has 5 heteroatoms. The number of thioether (sulfide) groups is 2. The molecule has 0 fully saturated rings. The number of hydrogen-bond donors (Lipinski definition) is 1. The van der Waals surface area contributed by atoms with Gasteiger partial charge in [0.1, 0.15) is 0 Å². The molecule has 3 nitrogen and oxygen atoms in total. The van der Waals surface area contributed by atoms with Crippen molar-refractivity contribution in [1.82, 2.24) is 9.97 Å². The molecule has 0 aliphatic heterocycles. The molecule has 0 aliphatic rings. The molecule has 0 radical (unpaired) electrons. The first-order chi connectivity index (χ1) is 8.67. The minimum atomic E-state index is -0.0890. The van der Waals surface area contributed by atoms with Crippen molar-refractivity contribution >= 4 is 23.5 Å². The monoisotopic (exact) mass is 278 g/mol. The van der Waals surface area contributed by atoms with E-state index in [9.17, 15) is 4.79 Å². The molecular formula is C13H14N2OS2. The Bertz CT molecular complexity index is 578. The largest absolute Gasteiger partial charge is 0.301 e. The maximum absolute atomic E-state index is 11.4. The number of aryl methyl sites for hydroxylation is 1. The fourth-order valence-electron chi connectivity index (χ4n) is 1.45. The zero-order valence-electron chi connectivity index (χ0n) is 10.3. The van der Waals surface area contributed by atoms with Crippen LogP contribution in [0, 0.1) is 6.92 Å². The SMILES string of the molecule is CSc1nc(CSc2ccc(C)cc2)cc(=O)[nH]1. The van der Waals surface area contributed by atoms with Crippen LogP contribution < -0.4 is 5.56 Å². The van der Waals surface area contributed by atoms with Gasteiger partial charge in [0.2, 0.25) is 0 Å². The maximum Gasteiger partial charge on any atom is 0.251 e. The van der Waals surface area contributed by atoms with E-state index in [-0.39, 0.29) is 5.56 Å². The van der Waals surface area contributed by atoms with Crippen LogP contribution in [0.3, 0.4) is 0 Å². The van der Waals surface area contributed by atoms with Crippen LogP contribution in [0.5, 0.6) is 0 Å². The lowest BCUT2D eigenvalue weighted by molar-refractivity contribution is 0.902. The summed E-state index contributed by atoms with van der Waals surface area (Å²) in [6.07, 6.45) is 1.90. The number of aromatic amines is 1. The van der Waals surface area contributed by atoms with Gasteiger partial charge in [-0.25, -0.2) is 4.98 Å². The highest BCUT2D eigenvalue weighted by molar-refractivity contribution is 7.98. The van der Waals surface area contributed by atoms with Gasteiger partial charge in [-0.3, -0.25) is 4.79 Å². The van der Waals surface area contributed by atoms with Gasteiger partial charge in [-0.1, -0.05) is 29.5 Å². The minimum Gasteiger partial charge on any atom is -0.301 e. The molecule has 0 unspecified atom stereocenters. The molecule has 18 heavy (non-hydrogen) atoms. The van der Waals surface area contributed by atoms with E-state index >= 15 is 0 Å². The third-order valence-corrected chi connectivity index (χ3v) is 4.00. The molecule has 0 spiro atoms. The van der Waals surface area contributed by atoms with E-state index in [0.717, 1.165) is 5.69 Å². The number of hydrogen-bond acceptors (Lipinski definition) is 4. The van der Waals surface area contributed by atoms with E-state index in [4.69, 9.17) is 0 Å². The summed E-state index contributed by atoms with van der Waals surface area (Å²) < 4.78 is 0. The van der Waals surface area contributed by atoms with Crippen LogP contribution in [0.4, 0.5) is 0 Å². The summed E-state index contributed by atoms with van der Waals surface area (Å²) in [7, 11) is 0. The molecule has 0 bridgehead atoms. The van der Waals surface area contributed by atoms with Gasteiger partial charge in [0.15, 0.2) is 5.16 Å². The van der Waals surface area contributed by atoms with E-state index in [1.807, 2.05) is 6.26 Å². The van der Waals surface area contributed by atoms with Crippen molar-refractivity contribution in [3.05, 3.63) is 51.9 Å². The van der Waals surface area contributed by atoms with E-state index in [2.05, 4.69) is 41.2 Å². The van der Waals surface area contributed by atoms with Crippen molar-refractivity contribution < 1.29 is 0 Å². The summed E-state index contributed by atoms with van der Waals surface area (Å²) in [5.41, 5.74) is 1.97. The van der Waals surface area contributed by atoms with Crippen LogP contribution >= 0.6 is 23.5 Å². The second-order valence-electron chi connectivity index (χ2n) is 3.85. The number of aromatic nitrogens is 2. The lowest BCUT2D eigenvalue weighted by atomic mass is 10.2. The van der Waals surface area contributed by atoms with Crippen molar-refractivity contribution in [3.63, 3.8) is 0 Å². The van der Waals surface area contributed by atoms with Crippen molar-refractivity contribution in [1.29, 1.82) is 0 Å². The van der Waals surface area contributed by atoms with Crippen molar-refractivity contribution in [3.8, 4) is 0 Å². The Balaban J connectivity index is 2.08. The Morgan fingerprint density at radius 3 is 2.67 bits per heavy atom. The Kier molecular flexibility index (Phi) is 4.49. The number of nitrogens with one attached hydrogen (secondary N) is 1. The van der Waals surface area contributed by atoms with Crippen molar-refractivity contribution in [2.45, 2.75) is 22.7 Å². The van der Waals surface area contributed by atoms with Gasteiger partial charge in [-0.15, -0.1) is 11.8 Å². The van der Waals surface area contributed by atoms with Crippen molar-refractivity contribution in [2.24, 2.45) is 0 Å². The smallest absolute Gasteiger partial charge is 0.251 e. The fraction of sp³-hybridized carbons (Fsp3) is 0.231. The fourth-order valence-corrected chi connectivity index (χ4v) is 2.65. The van der Waals surface area contributed by atoms with Gasteiger partial charge in [0.05, 0.1) is 5.69 Å². The Hall–Kier alpha value is -1.20. The number of benzene rings is 1. The summed E-state index contributed by atoms with van der Waals surface area (Å²) in [5, 5.41) is 0.669. The van der Waals surface area contributed by atoms with Gasteiger partial charge >= 0.3 is 0 Å². The van der Waals surface area contributed by atoms with Gasteiger partial charge < -0.3 is 4.98 Å². The maximum atomic E-state index is 11.4. The highest BCUT2D eigenvalue weighted by Gasteiger charge is 2.02. The Labute approximate surface area is 114 Å². The summed E-state index contributed by atoms with van der Waals surface area (Å²) in [4.78, 5) is 19.7. The topological polar surface area (TPSA) is 45.8 Å². The average Bonchev–Trinajstić information content (AvgIpc) is 2.37. The molecule has 0 saturated carbocycles. The third kappa shape index (κ3) is 3.65. The molecule has 1 aromatic carbocycles. The summed E-state index contributed by atoms with van der Waals surface area (Å²) >= 11 is 3.13. The second kappa shape index (κ2) is 6.11. The molecule has 2 aromatic rings. The molecular weight excluding hydrogens is 264 g/mol. The highest BCUT2D eigenvalue weighted by atomic mass is 32.2. The van der Waals surface area contributed by atoms with Crippen LogP contribution in [0.15, 0.2) is 45.2 Å². The number of nitrogens with zero attached hydrogens (tertiary/aromatic N) is 1. The molecule has 94 valence electrons. The van der Waals surface area contributed by atoms with Crippen LogP contribution in [-0.2, 0) is 5.75 Å².